The van der Waals surface area contributed by atoms with Crippen molar-refractivity contribution in [3.05, 3.63) is 71.2 Å². The number of para-hydroxylation sites is 2. The summed E-state index contributed by atoms with van der Waals surface area (Å²) in [7, 11) is 0. The fourth-order valence-corrected chi connectivity index (χ4v) is 3.77. The number of rotatable bonds is 4. The van der Waals surface area contributed by atoms with E-state index in [0.29, 0.717) is 5.92 Å². The van der Waals surface area contributed by atoms with E-state index in [1.807, 2.05) is 42.5 Å². The van der Waals surface area contributed by atoms with Crippen LogP contribution in [0.5, 0.6) is 0 Å². The molecule has 5 rings (SSSR count). The van der Waals surface area contributed by atoms with Gasteiger partial charge in [-0.15, -0.1) is 0 Å². The maximum Gasteiger partial charge on any atom is 0.201 e. The highest BCUT2D eigenvalue weighted by Gasteiger charge is 2.11. The van der Waals surface area contributed by atoms with Gasteiger partial charge in [0.05, 0.1) is 11.0 Å². The molecule has 4 nitrogen and oxygen atoms in total. The Kier molecular flexibility index (Phi) is 3.80. The van der Waals surface area contributed by atoms with E-state index in [2.05, 4.69) is 45.4 Å². The zero-order valence-electron chi connectivity index (χ0n) is 14.9. The van der Waals surface area contributed by atoms with Crippen LogP contribution in [0.1, 0.15) is 18.4 Å². The van der Waals surface area contributed by atoms with E-state index >= 15 is 0 Å². The molecule has 27 heavy (non-hydrogen) atoms. The molecule has 3 aromatic carbocycles. The van der Waals surface area contributed by atoms with Crippen molar-refractivity contribution in [2.45, 2.75) is 12.8 Å². The van der Waals surface area contributed by atoms with E-state index in [9.17, 15) is 0 Å². The highest BCUT2D eigenvalue weighted by molar-refractivity contribution is 6.31. The molecule has 0 aliphatic carbocycles. The maximum atomic E-state index is 6.20. The van der Waals surface area contributed by atoms with Gasteiger partial charge in [-0.1, -0.05) is 36.7 Å². The molecule has 0 fully saturated rings. The average Bonchev–Trinajstić information content (AvgIpc) is 3.26. The Bertz CT molecular complexity index is 1230. The largest absolute Gasteiger partial charge is 0.355 e. The lowest BCUT2D eigenvalue weighted by Crippen LogP contribution is -2.10. The van der Waals surface area contributed by atoms with E-state index in [4.69, 9.17) is 11.6 Å². The summed E-state index contributed by atoms with van der Waals surface area (Å²) in [5.74, 6) is 1.15. The number of nitrogens with one attached hydrogen (secondary N) is 3. The van der Waals surface area contributed by atoms with Gasteiger partial charge in [-0.25, -0.2) is 4.98 Å². The third-order valence-electron chi connectivity index (χ3n) is 5.12. The first kappa shape index (κ1) is 16.2. The summed E-state index contributed by atoms with van der Waals surface area (Å²) in [4.78, 5) is 11.4. The lowest BCUT2D eigenvalue weighted by Gasteiger charge is -2.13. The van der Waals surface area contributed by atoms with Crippen molar-refractivity contribution in [1.82, 2.24) is 15.0 Å². The number of aromatic nitrogens is 3. The Morgan fingerprint density at radius 2 is 1.70 bits per heavy atom. The lowest BCUT2D eigenvalue weighted by atomic mass is 9.99. The molecule has 0 aliphatic heterocycles. The smallest absolute Gasteiger partial charge is 0.201 e. The molecule has 0 amide bonds. The van der Waals surface area contributed by atoms with Crippen molar-refractivity contribution in [2.24, 2.45) is 0 Å². The lowest BCUT2D eigenvalue weighted by molar-refractivity contribution is 0.801. The van der Waals surface area contributed by atoms with Crippen molar-refractivity contribution in [2.75, 3.05) is 11.9 Å². The third-order valence-corrected chi connectivity index (χ3v) is 5.35. The van der Waals surface area contributed by atoms with Gasteiger partial charge in [0.25, 0.3) is 0 Å². The molecule has 0 bridgehead atoms. The summed E-state index contributed by atoms with van der Waals surface area (Å²) in [5, 5.41) is 6.56. The summed E-state index contributed by atoms with van der Waals surface area (Å²) in [6.07, 6.45) is 0. The SMILES string of the molecule is CC(CNc1nc2ccccc2[nH]1)c1ccc2[nH]c3ccc(Cl)cc3c2c1. The minimum Gasteiger partial charge on any atom is -0.355 e. The molecular weight excluding hydrogens is 356 g/mol. The fourth-order valence-electron chi connectivity index (χ4n) is 3.60. The standard InChI is InChI=1S/C22H19ClN4/c1-13(12-24-22-26-20-4-2-3-5-21(20)27-22)14-6-8-18-16(10-14)17-11-15(23)7-9-19(17)25-18/h2-11,13,25H,12H2,1H3,(H2,24,26,27). The first-order valence-corrected chi connectivity index (χ1v) is 9.45. The zero-order chi connectivity index (χ0) is 18.4. The average molecular weight is 375 g/mol. The van der Waals surface area contributed by atoms with Crippen molar-refractivity contribution < 1.29 is 0 Å². The van der Waals surface area contributed by atoms with E-state index in [-0.39, 0.29) is 0 Å². The number of anilines is 1. The van der Waals surface area contributed by atoms with Crippen LogP contribution in [0.3, 0.4) is 0 Å². The van der Waals surface area contributed by atoms with Gasteiger partial charge in [0.1, 0.15) is 0 Å². The highest BCUT2D eigenvalue weighted by Crippen LogP contribution is 2.30. The van der Waals surface area contributed by atoms with Gasteiger partial charge >= 0.3 is 0 Å². The van der Waals surface area contributed by atoms with Crippen LogP contribution >= 0.6 is 11.6 Å². The number of fused-ring (bicyclic) bond motifs is 4. The van der Waals surface area contributed by atoms with Crippen molar-refractivity contribution in [3.63, 3.8) is 0 Å². The molecule has 0 radical (unpaired) electrons. The van der Waals surface area contributed by atoms with Crippen LogP contribution in [0.4, 0.5) is 5.95 Å². The minimum atomic E-state index is 0.340. The van der Waals surface area contributed by atoms with Crippen molar-refractivity contribution in [1.29, 1.82) is 0 Å². The van der Waals surface area contributed by atoms with Crippen molar-refractivity contribution in [3.8, 4) is 0 Å². The van der Waals surface area contributed by atoms with Crippen LogP contribution in [0, 0.1) is 0 Å². The van der Waals surface area contributed by atoms with Gasteiger partial charge in [0, 0.05) is 33.4 Å². The highest BCUT2D eigenvalue weighted by atomic mass is 35.5. The van der Waals surface area contributed by atoms with Crippen LogP contribution in [0.15, 0.2) is 60.7 Å². The molecule has 3 N–H and O–H groups in total. The first-order chi connectivity index (χ1) is 13.2. The molecule has 0 saturated heterocycles. The molecule has 5 aromatic rings. The van der Waals surface area contributed by atoms with E-state index in [0.717, 1.165) is 45.0 Å². The Morgan fingerprint density at radius 3 is 2.56 bits per heavy atom. The molecule has 0 aliphatic rings. The number of hydrogen-bond acceptors (Lipinski definition) is 2. The van der Waals surface area contributed by atoms with Gasteiger partial charge in [0.2, 0.25) is 5.95 Å². The quantitative estimate of drug-likeness (QED) is 0.357. The second-order valence-corrected chi connectivity index (χ2v) is 7.44. The summed E-state index contributed by atoms with van der Waals surface area (Å²) in [5.41, 5.74) is 5.55. The van der Waals surface area contributed by atoms with Crippen molar-refractivity contribution >= 4 is 50.4 Å². The predicted molar refractivity (Wildman–Crippen MR) is 114 cm³/mol. The molecule has 5 heteroatoms. The third kappa shape index (κ3) is 2.92. The van der Waals surface area contributed by atoms with E-state index in [1.54, 1.807) is 0 Å². The Morgan fingerprint density at radius 1 is 0.926 bits per heavy atom. The van der Waals surface area contributed by atoms with E-state index in [1.165, 1.54) is 10.9 Å². The molecule has 0 saturated carbocycles. The second kappa shape index (κ2) is 6.32. The van der Waals surface area contributed by atoms with Gasteiger partial charge < -0.3 is 15.3 Å². The summed E-state index contributed by atoms with van der Waals surface area (Å²) in [6.45, 7) is 3.02. The monoisotopic (exact) mass is 374 g/mol. The van der Waals surface area contributed by atoms with Gasteiger partial charge in [-0.2, -0.15) is 0 Å². The number of benzene rings is 3. The molecule has 134 valence electrons. The minimum absolute atomic E-state index is 0.340. The van der Waals surface area contributed by atoms with Crippen LogP contribution in [0.25, 0.3) is 32.8 Å². The normalized spacial score (nSPS) is 12.8. The topological polar surface area (TPSA) is 56.5 Å². The molecule has 2 aromatic heterocycles. The van der Waals surface area contributed by atoms with Gasteiger partial charge in [0.15, 0.2) is 0 Å². The Hall–Kier alpha value is -2.98. The number of imidazole rings is 1. The predicted octanol–water partition coefficient (Wildman–Crippen LogP) is 6.07. The van der Waals surface area contributed by atoms with Gasteiger partial charge in [-0.05, 0) is 53.9 Å². The number of H-pyrrole nitrogens is 2. The van der Waals surface area contributed by atoms with Crippen LogP contribution in [-0.2, 0) is 0 Å². The molecular formula is C22H19ClN4. The molecule has 0 spiro atoms. The Balaban J connectivity index is 1.41. The first-order valence-electron chi connectivity index (χ1n) is 9.07. The number of nitrogens with zero attached hydrogens (tertiary/aromatic N) is 1. The molecule has 1 unspecified atom stereocenters. The van der Waals surface area contributed by atoms with E-state index < -0.39 is 0 Å². The van der Waals surface area contributed by atoms with Crippen LogP contribution in [0.2, 0.25) is 5.02 Å². The number of halogens is 1. The molecule has 2 heterocycles. The van der Waals surface area contributed by atoms with Gasteiger partial charge in [-0.3, -0.25) is 0 Å². The maximum absolute atomic E-state index is 6.20. The zero-order valence-corrected chi connectivity index (χ0v) is 15.6. The van der Waals surface area contributed by atoms with Crippen LogP contribution < -0.4 is 5.32 Å². The number of hydrogen-bond donors (Lipinski definition) is 3. The summed E-state index contributed by atoms with van der Waals surface area (Å²) < 4.78 is 0. The van der Waals surface area contributed by atoms with Crippen LogP contribution in [-0.4, -0.2) is 21.5 Å². The summed E-state index contributed by atoms with van der Waals surface area (Å²) in [6, 6.07) is 20.6. The molecule has 1 atom stereocenters. The second-order valence-electron chi connectivity index (χ2n) is 7.00. The fraction of sp³-hybridized carbons (Fsp3) is 0.136. The summed E-state index contributed by atoms with van der Waals surface area (Å²) >= 11 is 6.20. The Labute approximate surface area is 161 Å². The number of aromatic amines is 2.